The van der Waals surface area contributed by atoms with Gasteiger partial charge in [-0.2, -0.15) is 0 Å². The molecular formula is C18H11ClINO4. The second-order valence-electron chi connectivity index (χ2n) is 5.12. The van der Waals surface area contributed by atoms with Gasteiger partial charge in [0, 0.05) is 10.5 Å². The van der Waals surface area contributed by atoms with Crippen molar-refractivity contribution >= 4 is 58.1 Å². The van der Waals surface area contributed by atoms with E-state index < -0.39 is 11.9 Å². The average Bonchev–Trinajstić information content (AvgIpc) is 2.92. The molecule has 0 saturated carbocycles. The van der Waals surface area contributed by atoms with Gasteiger partial charge in [0.2, 0.25) is 5.90 Å². The average molecular weight is 468 g/mol. The number of benzene rings is 2. The highest BCUT2D eigenvalue weighted by molar-refractivity contribution is 14.1. The van der Waals surface area contributed by atoms with Crippen LogP contribution in [0.5, 0.6) is 5.75 Å². The molecule has 0 aromatic heterocycles. The van der Waals surface area contributed by atoms with E-state index >= 15 is 0 Å². The second-order valence-corrected chi connectivity index (χ2v) is 6.78. The summed E-state index contributed by atoms with van der Waals surface area (Å²) in [4.78, 5) is 27.2. The van der Waals surface area contributed by atoms with E-state index in [1.54, 1.807) is 42.5 Å². The first kappa shape index (κ1) is 17.6. The number of halogens is 2. The maximum Gasteiger partial charge on any atom is 0.363 e. The number of nitrogens with zero attached hydrogens (tertiary/aromatic N) is 1. The predicted octanol–water partition coefficient (Wildman–Crippen LogP) is 4.21. The van der Waals surface area contributed by atoms with Crippen LogP contribution in [0.15, 0.2) is 53.2 Å². The van der Waals surface area contributed by atoms with Crippen LogP contribution in [-0.2, 0) is 14.3 Å². The zero-order valence-corrected chi connectivity index (χ0v) is 15.9. The van der Waals surface area contributed by atoms with Gasteiger partial charge in [-0.05, 0) is 64.6 Å². The highest BCUT2D eigenvalue weighted by Gasteiger charge is 2.25. The number of hydrogen-bond acceptors (Lipinski definition) is 5. The Balaban J connectivity index is 1.88. The molecule has 0 spiro atoms. The van der Waals surface area contributed by atoms with Crippen molar-refractivity contribution in [3.05, 3.63) is 67.9 Å². The zero-order valence-electron chi connectivity index (χ0n) is 13.0. The third-order valence-electron chi connectivity index (χ3n) is 3.22. The van der Waals surface area contributed by atoms with Crippen LogP contribution < -0.4 is 4.74 Å². The van der Waals surface area contributed by atoms with Crippen molar-refractivity contribution in [1.29, 1.82) is 0 Å². The molecular weight excluding hydrogens is 457 g/mol. The summed E-state index contributed by atoms with van der Waals surface area (Å²) >= 11 is 8.30. The summed E-state index contributed by atoms with van der Waals surface area (Å²) in [7, 11) is 0. The van der Waals surface area contributed by atoms with Gasteiger partial charge in [-0.15, -0.1) is 0 Å². The van der Waals surface area contributed by atoms with Crippen LogP contribution >= 0.6 is 34.2 Å². The van der Waals surface area contributed by atoms with Gasteiger partial charge in [0.15, 0.2) is 5.70 Å². The van der Waals surface area contributed by atoms with Crippen LogP contribution in [0.1, 0.15) is 18.1 Å². The lowest BCUT2D eigenvalue weighted by molar-refractivity contribution is -0.132. The summed E-state index contributed by atoms with van der Waals surface area (Å²) in [5.74, 6) is -0.335. The monoisotopic (exact) mass is 467 g/mol. The number of hydrogen-bond donors (Lipinski definition) is 0. The van der Waals surface area contributed by atoms with Gasteiger partial charge in [-0.25, -0.2) is 9.79 Å². The fourth-order valence-electron chi connectivity index (χ4n) is 2.14. The molecule has 3 rings (SSSR count). The highest BCUT2D eigenvalue weighted by Crippen LogP contribution is 2.25. The SMILES string of the molecule is CC(=O)Oc1ccc(/C=C2\N=C(c3cc(I)ccc3Cl)OC2=O)cc1. The van der Waals surface area contributed by atoms with E-state index in [4.69, 9.17) is 21.1 Å². The molecule has 126 valence electrons. The smallest absolute Gasteiger partial charge is 0.363 e. The Kier molecular flexibility index (Phi) is 5.19. The molecule has 0 atom stereocenters. The molecule has 0 amide bonds. The number of rotatable bonds is 3. The minimum Gasteiger partial charge on any atom is -0.427 e. The van der Waals surface area contributed by atoms with Crippen molar-refractivity contribution in [2.75, 3.05) is 0 Å². The number of aliphatic imine (C=N–C) groups is 1. The molecule has 7 heteroatoms. The molecule has 1 aliphatic heterocycles. The summed E-state index contributed by atoms with van der Waals surface area (Å²) in [5.41, 5.74) is 1.46. The number of carbonyl (C=O) groups excluding carboxylic acids is 2. The molecule has 5 nitrogen and oxygen atoms in total. The Hall–Kier alpha value is -2.19. The van der Waals surface area contributed by atoms with Crippen molar-refractivity contribution in [2.24, 2.45) is 4.99 Å². The minimum absolute atomic E-state index is 0.171. The zero-order chi connectivity index (χ0) is 18.0. The lowest BCUT2D eigenvalue weighted by Crippen LogP contribution is -2.06. The van der Waals surface area contributed by atoms with E-state index in [9.17, 15) is 9.59 Å². The summed E-state index contributed by atoms with van der Waals surface area (Å²) in [6.45, 7) is 1.33. The van der Waals surface area contributed by atoms with Crippen molar-refractivity contribution < 1.29 is 19.1 Å². The molecule has 0 saturated heterocycles. The molecule has 25 heavy (non-hydrogen) atoms. The fraction of sp³-hybridized carbons (Fsp3) is 0.0556. The van der Waals surface area contributed by atoms with Gasteiger partial charge < -0.3 is 9.47 Å². The summed E-state index contributed by atoms with van der Waals surface area (Å²) in [6.07, 6.45) is 1.59. The van der Waals surface area contributed by atoms with E-state index in [2.05, 4.69) is 27.6 Å². The lowest BCUT2D eigenvalue weighted by Gasteiger charge is -2.02. The van der Waals surface area contributed by atoms with Crippen LogP contribution in [0.4, 0.5) is 0 Å². The molecule has 1 aliphatic rings. The molecule has 0 N–H and O–H groups in total. The van der Waals surface area contributed by atoms with Gasteiger partial charge in [0.05, 0.1) is 10.6 Å². The molecule has 0 unspecified atom stereocenters. The molecule has 0 aliphatic carbocycles. The first-order chi connectivity index (χ1) is 11.9. The Labute approximate surface area is 162 Å². The van der Waals surface area contributed by atoms with Gasteiger partial charge in [0.1, 0.15) is 5.75 Å². The van der Waals surface area contributed by atoms with Gasteiger partial charge in [-0.1, -0.05) is 23.7 Å². The van der Waals surface area contributed by atoms with E-state index in [-0.39, 0.29) is 11.6 Å². The predicted molar refractivity (Wildman–Crippen MR) is 103 cm³/mol. The first-order valence-electron chi connectivity index (χ1n) is 7.19. The molecule has 2 aromatic carbocycles. The number of ether oxygens (including phenoxy) is 2. The van der Waals surface area contributed by atoms with E-state index in [1.165, 1.54) is 6.92 Å². The maximum atomic E-state index is 12.1. The lowest BCUT2D eigenvalue weighted by atomic mass is 10.2. The van der Waals surface area contributed by atoms with Gasteiger partial charge in [-0.3, -0.25) is 4.79 Å². The third kappa shape index (κ3) is 4.26. The van der Waals surface area contributed by atoms with Crippen LogP contribution in [0.2, 0.25) is 5.02 Å². The first-order valence-corrected chi connectivity index (χ1v) is 8.64. The fourth-order valence-corrected chi connectivity index (χ4v) is 2.83. The molecule has 0 radical (unpaired) electrons. The molecule has 0 fully saturated rings. The summed E-state index contributed by atoms with van der Waals surface area (Å²) < 4.78 is 11.1. The summed E-state index contributed by atoms with van der Waals surface area (Å²) in [6, 6.07) is 12.1. The van der Waals surface area contributed by atoms with Gasteiger partial charge in [0.25, 0.3) is 0 Å². The van der Waals surface area contributed by atoms with Crippen molar-refractivity contribution in [3.63, 3.8) is 0 Å². The van der Waals surface area contributed by atoms with E-state index in [0.29, 0.717) is 16.3 Å². The Bertz CT molecular complexity index is 919. The van der Waals surface area contributed by atoms with Crippen molar-refractivity contribution in [1.82, 2.24) is 0 Å². The number of cyclic esters (lactones) is 1. The Morgan fingerprint density at radius 2 is 1.96 bits per heavy atom. The normalized spacial score (nSPS) is 15.1. The van der Waals surface area contributed by atoms with E-state index in [1.807, 2.05) is 6.07 Å². The molecule has 0 bridgehead atoms. The minimum atomic E-state index is -0.547. The Morgan fingerprint density at radius 1 is 1.24 bits per heavy atom. The third-order valence-corrected chi connectivity index (χ3v) is 4.22. The molecule has 1 heterocycles. The topological polar surface area (TPSA) is 65.0 Å². The van der Waals surface area contributed by atoms with Crippen LogP contribution in [0, 0.1) is 3.57 Å². The number of carbonyl (C=O) groups is 2. The van der Waals surface area contributed by atoms with Crippen LogP contribution in [0.25, 0.3) is 6.08 Å². The van der Waals surface area contributed by atoms with Crippen molar-refractivity contribution in [3.8, 4) is 5.75 Å². The summed E-state index contributed by atoms with van der Waals surface area (Å²) in [5, 5.41) is 0.457. The second kappa shape index (κ2) is 7.37. The molecule has 2 aromatic rings. The standard InChI is InChI=1S/C18H11ClINO4/c1-10(22)24-13-5-2-11(3-6-13)8-16-18(23)25-17(21-16)14-9-12(20)4-7-15(14)19/h2-9H,1H3/b16-8-. The van der Waals surface area contributed by atoms with E-state index in [0.717, 1.165) is 9.13 Å². The van der Waals surface area contributed by atoms with Crippen LogP contribution in [0.3, 0.4) is 0 Å². The highest BCUT2D eigenvalue weighted by atomic mass is 127. The van der Waals surface area contributed by atoms with Crippen LogP contribution in [-0.4, -0.2) is 17.8 Å². The Morgan fingerprint density at radius 3 is 2.64 bits per heavy atom. The number of esters is 2. The maximum absolute atomic E-state index is 12.1. The quantitative estimate of drug-likeness (QED) is 0.294. The largest absolute Gasteiger partial charge is 0.427 e. The van der Waals surface area contributed by atoms with Gasteiger partial charge >= 0.3 is 11.9 Å². The van der Waals surface area contributed by atoms with Crippen molar-refractivity contribution in [2.45, 2.75) is 6.92 Å².